The van der Waals surface area contributed by atoms with Gasteiger partial charge in [0.05, 0.1) is 11.7 Å². The van der Waals surface area contributed by atoms with Crippen LogP contribution < -0.4 is 5.43 Å². The number of aryl methyl sites for hydroxylation is 3. The van der Waals surface area contributed by atoms with Crippen molar-refractivity contribution in [2.24, 2.45) is 0 Å². The molecule has 0 radical (unpaired) electrons. The molecule has 0 saturated carbocycles. The van der Waals surface area contributed by atoms with Gasteiger partial charge in [-0.1, -0.05) is 6.07 Å². The highest BCUT2D eigenvalue weighted by Crippen LogP contribution is 2.30. The molecule has 1 N–H and O–H groups in total. The van der Waals surface area contributed by atoms with Crippen molar-refractivity contribution in [1.82, 2.24) is 9.66 Å². The molecule has 17 heavy (non-hydrogen) atoms. The van der Waals surface area contributed by atoms with Gasteiger partial charge in [-0.25, -0.2) is 0 Å². The molecule has 0 bridgehead atoms. The largest absolute Gasteiger partial charge is 0.317 e. The SMILES string of the molecule is Cc1ccc(C)n1NC1CCc2cccnc21. The number of fused-ring (bicyclic) bond motifs is 1. The minimum atomic E-state index is 0.344. The predicted molar refractivity (Wildman–Crippen MR) is 68.6 cm³/mol. The van der Waals surface area contributed by atoms with Crippen molar-refractivity contribution in [2.45, 2.75) is 32.7 Å². The van der Waals surface area contributed by atoms with Crippen molar-refractivity contribution in [3.63, 3.8) is 0 Å². The maximum absolute atomic E-state index is 4.50. The van der Waals surface area contributed by atoms with Crippen LogP contribution in [0.15, 0.2) is 30.5 Å². The summed E-state index contributed by atoms with van der Waals surface area (Å²) in [6.45, 7) is 4.24. The predicted octanol–water partition coefficient (Wildman–Crippen LogP) is 2.73. The summed E-state index contributed by atoms with van der Waals surface area (Å²) < 4.78 is 2.16. The number of aromatic nitrogens is 2. The fourth-order valence-electron chi connectivity index (χ4n) is 2.57. The smallest absolute Gasteiger partial charge is 0.0850 e. The Morgan fingerprint density at radius 1 is 1.24 bits per heavy atom. The first-order valence-corrected chi connectivity index (χ1v) is 6.11. The van der Waals surface area contributed by atoms with Crippen LogP contribution in [0.25, 0.3) is 0 Å². The number of nitrogens with zero attached hydrogens (tertiary/aromatic N) is 2. The van der Waals surface area contributed by atoms with Crippen LogP contribution in [0.1, 0.15) is 35.1 Å². The van der Waals surface area contributed by atoms with E-state index in [2.05, 4.69) is 47.1 Å². The topological polar surface area (TPSA) is 29.9 Å². The molecule has 1 aliphatic rings. The van der Waals surface area contributed by atoms with Crippen LogP contribution in [0.3, 0.4) is 0 Å². The van der Waals surface area contributed by atoms with Crippen molar-refractivity contribution >= 4 is 0 Å². The number of hydrogen-bond acceptors (Lipinski definition) is 2. The van der Waals surface area contributed by atoms with Crippen molar-refractivity contribution < 1.29 is 0 Å². The van der Waals surface area contributed by atoms with E-state index in [9.17, 15) is 0 Å². The second kappa shape index (κ2) is 3.91. The Bertz CT molecular complexity index is 523. The lowest BCUT2D eigenvalue weighted by molar-refractivity contribution is 0.637. The van der Waals surface area contributed by atoms with Crippen LogP contribution in [-0.2, 0) is 6.42 Å². The van der Waals surface area contributed by atoms with Gasteiger partial charge in [0.15, 0.2) is 0 Å². The molecule has 0 aromatic carbocycles. The van der Waals surface area contributed by atoms with E-state index in [0.717, 1.165) is 12.8 Å². The van der Waals surface area contributed by atoms with Crippen molar-refractivity contribution in [3.8, 4) is 0 Å². The minimum absolute atomic E-state index is 0.344. The number of nitrogens with one attached hydrogen (secondary N) is 1. The van der Waals surface area contributed by atoms with E-state index in [-0.39, 0.29) is 0 Å². The summed E-state index contributed by atoms with van der Waals surface area (Å²) in [4.78, 5) is 4.50. The Morgan fingerprint density at radius 2 is 2.00 bits per heavy atom. The quantitative estimate of drug-likeness (QED) is 0.855. The molecule has 3 heteroatoms. The van der Waals surface area contributed by atoms with E-state index >= 15 is 0 Å². The van der Waals surface area contributed by atoms with Gasteiger partial charge in [0, 0.05) is 17.6 Å². The maximum Gasteiger partial charge on any atom is 0.0850 e. The summed E-state index contributed by atoms with van der Waals surface area (Å²) in [5.74, 6) is 0. The normalized spacial score (nSPS) is 18.1. The van der Waals surface area contributed by atoms with Crippen molar-refractivity contribution in [3.05, 3.63) is 53.1 Å². The highest BCUT2D eigenvalue weighted by Gasteiger charge is 2.23. The summed E-state index contributed by atoms with van der Waals surface area (Å²) in [5.41, 5.74) is 8.64. The molecule has 1 atom stereocenters. The van der Waals surface area contributed by atoms with E-state index in [1.165, 1.54) is 22.6 Å². The van der Waals surface area contributed by atoms with E-state index in [1.807, 2.05) is 12.3 Å². The summed E-state index contributed by atoms with van der Waals surface area (Å²) in [5, 5.41) is 0. The maximum atomic E-state index is 4.50. The number of pyridine rings is 1. The summed E-state index contributed by atoms with van der Waals surface area (Å²) in [6.07, 6.45) is 4.14. The van der Waals surface area contributed by atoms with Gasteiger partial charge in [-0.2, -0.15) is 0 Å². The van der Waals surface area contributed by atoms with Gasteiger partial charge in [0.1, 0.15) is 0 Å². The van der Waals surface area contributed by atoms with Crippen molar-refractivity contribution in [2.75, 3.05) is 5.43 Å². The highest BCUT2D eigenvalue weighted by atomic mass is 15.4. The molecule has 3 nitrogen and oxygen atoms in total. The molecule has 2 heterocycles. The molecule has 1 aliphatic carbocycles. The molecule has 88 valence electrons. The molecule has 3 rings (SSSR count). The zero-order valence-electron chi connectivity index (χ0n) is 10.3. The third-order valence-corrected chi connectivity index (χ3v) is 3.51. The average Bonchev–Trinajstić information content (AvgIpc) is 2.88. The Morgan fingerprint density at radius 3 is 2.76 bits per heavy atom. The molecule has 1 unspecified atom stereocenters. The van der Waals surface area contributed by atoms with Gasteiger partial charge in [0.2, 0.25) is 0 Å². The standard InChI is InChI=1S/C14H17N3/c1-10-5-6-11(2)17(10)16-13-8-7-12-4-3-9-15-14(12)13/h3-6,9,13,16H,7-8H2,1-2H3. The molecule has 0 spiro atoms. The molecule has 0 saturated heterocycles. The summed E-state index contributed by atoms with van der Waals surface area (Å²) >= 11 is 0. The van der Waals surface area contributed by atoms with E-state index < -0.39 is 0 Å². The third-order valence-electron chi connectivity index (χ3n) is 3.51. The van der Waals surface area contributed by atoms with Gasteiger partial charge < -0.3 is 5.43 Å². The second-order valence-electron chi connectivity index (χ2n) is 4.72. The fraction of sp³-hybridized carbons (Fsp3) is 0.357. The molecule has 0 amide bonds. The molecular weight excluding hydrogens is 210 g/mol. The zero-order valence-corrected chi connectivity index (χ0v) is 10.3. The molecule has 2 aromatic rings. The molecule has 0 fully saturated rings. The first-order valence-electron chi connectivity index (χ1n) is 6.11. The van der Waals surface area contributed by atoms with Crippen LogP contribution in [0.2, 0.25) is 0 Å². The first kappa shape index (κ1) is 10.4. The van der Waals surface area contributed by atoms with Gasteiger partial charge in [-0.05, 0) is 50.5 Å². The van der Waals surface area contributed by atoms with E-state index in [1.54, 1.807) is 0 Å². The Balaban J connectivity index is 1.89. The van der Waals surface area contributed by atoms with E-state index in [4.69, 9.17) is 0 Å². The van der Waals surface area contributed by atoms with Gasteiger partial charge in [-0.15, -0.1) is 0 Å². The van der Waals surface area contributed by atoms with Crippen LogP contribution in [0.5, 0.6) is 0 Å². The lowest BCUT2D eigenvalue weighted by atomic mass is 10.2. The average molecular weight is 227 g/mol. The first-order chi connectivity index (χ1) is 8.25. The van der Waals surface area contributed by atoms with Crippen molar-refractivity contribution in [1.29, 1.82) is 0 Å². The molecular formula is C14H17N3. The van der Waals surface area contributed by atoms with Gasteiger partial charge >= 0.3 is 0 Å². The lowest BCUT2D eigenvalue weighted by Gasteiger charge is -2.19. The molecule has 0 aliphatic heterocycles. The fourth-order valence-corrected chi connectivity index (χ4v) is 2.57. The van der Waals surface area contributed by atoms with Crippen LogP contribution in [0.4, 0.5) is 0 Å². The third kappa shape index (κ3) is 1.71. The molecule has 2 aromatic heterocycles. The van der Waals surface area contributed by atoms with E-state index in [0.29, 0.717) is 6.04 Å². The minimum Gasteiger partial charge on any atom is -0.317 e. The van der Waals surface area contributed by atoms with Gasteiger partial charge in [0.25, 0.3) is 0 Å². The van der Waals surface area contributed by atoms with Gasteiger partial charge in [-0.3, -0.25) is 9.66 Å². The van der Waals surface area contributed by atoms with Crippen LogP contribution in [-0.4, -0.2) is 9.66 Å². The summed E-state index contributed by atoms with van der Waals surface area (Å²) in [7, 11) is 0. The second-order valence-corrected chi connectivity index (χ2v) is 4.72. The summed E-state index contributed by atoms with van der Waals surface area (Å²) in [6, 6.07) is 8.82. The zero-order chi connectivity index (χ0) is 11.8. The van der Waals surface area contributed by atoms with Crippen LogP contribution in [0, 0.1) is 13.8 Å². The van der Waals surface area contributed by atoms with Crippen LogP contribution >= 0.6 is 0 Å². The highest BCUT2D eigenvalue weighted by molar-refractivity contribution is 5.30. The Labute approximate surface area is 101 Å². The number of rotatable bonds is 2. The number of hydrogen-bond donors (Lipinski definition) is 1. The Kier molecular flexibility index (Phi) is 2.39. The Hall–Kier alpha value is -1.77. The monoisotopic (exact) mass is 227 g/mol. The lowest BCUT2D eigenvalue weighted by Crippen LogP contribution is -2.21.